The van der Waals surface area contributed by atoms with E-state index in [1.807, 2.05) is 31.9 Å². The Bertz CT molecular complexity index is 615. The van der Waals surface area contributed by atoms with E-state index in [-0.39, 0.29) is 6.61 Å². The van der Waals surface area contributed by atoms with Gasteiger partial charge in [-0.3, -0.25) is 0 Å². The molecule has 0 unspecified atom stereocenters. The van der Waals surface area contributed by atoms with Crippen molar-refractivity contribution >= 4 is 11.5 Å². The van der Waals surface area contributed by atoms with Crippen LogP contribution in [0.4, 0.5) is 11.5 Å². The Hall–Kier alpha value is -1.87. The number of aliphatic hydroxyl groups is 1. The number of hydrogen-bond donors (Lipinski definition) is 1. The van der Waals surface area contributed by atoms with Gasteiger partial charge in [-0.05, 0) is 62.6 Å². The van der Waals surface area contributed by atoms with E-state index in [4.69, 9.17) is 0 Å². The second kappa shape index (κ2) is 5.63. The molecule has 1 aromatic heterocycles. The maximum atomic E-state index is 9.63. The van der Waals surface area contributed by atoms with Crippen molar-refractivity contribution in [3.63, 3.8) is 0 Å². The molecule has 1 heterocycles. The minimum absolute atomic E-state index is 0.00356. The van der Waals surface area contributed by atoms with E-state index in [0.717, 1.165) is 28.3 Å². The molecule has 0 aliphatic rings. The maximum Gasteiger partial charge on any atom is 0.138 e. The van der Waals surface area contributed by atoms with E-state index in [2.05, 4.69) is 37.0 Å². The number of benzene rings is 1. The van der Waals surface area contributed by atoms with Crippen LogP contribution in [0.1, 0.15) is 27.9 Å². The van der Waals surface area contributed by atoms with Crippen LogP contribution < -0.4 is 4.90 Å². The van der Waals surface area contributed by atoms with Crippen LogP contribution in [0, 0.1) is 27.7 Å². The van der Waals surface area contributed by atoms with Crippen molar-refractivity contribution in [2.75, 3.05) is 11.9 Å². The standard InChI is InChI=1S/C17H22N2O/c1-11-6-12(2)8-15(7-11)19(5)17-16(10-20)13(3)9-14(4)18-17/h6-9,20H,10H2,1-5H3. The normalized spacial score (nSPS) is 10.7. The average Bonchev–Trinajstić information content (AvgIpc) is 2.35. The van der Waals surface area contributed by atoms with Gasteiger partial charge in [-0.2, -0.15) is 0 Å². The molecule has 3 nitrogen and oxygen atoms in total. The monoisotopic (exact) mass is 270 g/mol. The summed E-state index contributed by atoms with van der Waals surface area (Å²) in [4.78, 5) is 6.65. The summed E-state index contributed by atoms with van der Waals surface area (Å²) in [6.45, 7) is 8.17. The second-order valence-electron chi connectivity index (χ2n) is 5.45. The Morgan fingerprint density at radius 1 is 1.00 bits per heavy atom. The molecule has 0 saturated carbocycles. The van der Waals surface area contributed by atoms with Crippen LogP contribution in [-0.4, -0.2) is 17.1 Å². The van der Waals surface area contributed by atoms with Crippen LogP contribution in [-0.2, 0) is 6.61 Å². The quantitative estimate of drug-likeness (QED) is 0.926. The zero-order valence-corrected chi connectivity index (χ0v) is 12.9. The molecule has 0 fully saturated rings. The first-order valence-corrected chi connectivity index (χ1v) is 6.82. The van der Waals surface area contributed by atoms with Crippen molar-refractivity contribution in [3.8, 4) is 0 Å². The predicted octanol–water partition coefficient (Wildman–Crippen LogP) is 3.58. The zero-order valence-electron chi connectivity index (χ0n) is 12.9. The molecule has 106 valence electrons. The molecule has 2 aromatic rings. The smallest absolute Gasteiger partial charge is 0.138 e. The van der Waals surface area contributed by atoms with Crippen molar-refractivity contribution in [1.29, 1.82) is 0 Å². The van der Waals surface area contributed by atoms with Crippen molar-refractivity contribution in [3.05, 3.63) is 52.2 Å². The third-order valence-electron chi connectivity index (χ3n) is 3.52. The first-order valence-electron chi connectivity index (χ1n) is 6.82. The lowest BCUT2D eigenvalue weighted by atomic mass is 10.1. The minimum atomic E-state index is 0.00356. The molecular formula is C17H22N2O. The van der Waals surface area contributed by atoms with E-state index in [1.165, 1.54) is 11.1 Å². The van der Waals surface area contributed by atoms with Gasteiger partial charge in [-0.1, -0.05) is 6.07 Å². The van der Waals surface area contributed by atoms with Gasteiger partial charge in [-0.15, -0.1) is 0 Å². The molecule has 0 radical (unpaired) electrons. The minimum Gasteiger partial charge on any atom is -0.392 e. The van der Waals surface area contributed by atoms with Gasteiger partial charge in [0.2, 0.25) is 0 Å². The number of pyridine rings is 1. The highest BCUT2D eigenvalue weighted by atomic mass is 16.3. The van der Waals surface area contributed by atoms with Crippen molar-refractivity contribution in [1.82, 2.24) is 4.98 Å². The van der Waals surface area contributed by atoms with Gasteiger partial charge in [0.05, 0.1) is 6.61 Å². The summed E-state index contributed by atoms with van der Waals surface area (Å²) in [5.74, 6) is 0.829. The first kappa shape index (κ1) is 14.5. The van der Waals surface area contributed by atoms with Gasteiger partial charge in [0.15, 0.2) is 0 Å². The summed E-state index contributed by atoms with van der Waals surface area (Å²) in [7, 11) is 1.99. The van der Waals surface area contributed by atoms with Gasteiger partial charge < -0.3 is 10.0 Å². The van der Waals surface area contributed by atoms with Gasteiger partial charge in [0, 0.05) is 24.0 Å². The van der Waals surface area contributed by atoms with Crippen molar-refractivity contribution in [2.45, 2.75) is 34.3 Å². The van der Waals surface area contributed by atoms with Crippen LogP contribution in [0.2, 0.25) is 0 Å². The molecule has 0 atom stereocenters. The molecule has 20 heavy (non-hydrogen) atoms. The fourth-order valence-electron chi connectivity index (χ4n) is 2.58. The topological polar surface area (TPSA) is 36.4 Å². The summed E-state index contributed by atoms with van der Waals surface area (Å²) in [5, 5.41) is 9.63. The summed E-state index contributed by atoms with van der Waals surface area (Å²) in [6, 6.07) is 8.42. The molecule has 3 heteroatoms. The number of rotatable bonds is 3. The molecule has 1 N–H and O–H groups in total. The van der Waals surface area contributed by atoms with E-state index in [9.17, 15) is 5.11 Å². The molecule has 1 aromatic carbocycles. The zero-order chi connectivity index (χ0) is 14.9. The van der Waals surface area contributed by atoms with Crippen LogP contribution in [0.25, 0.3) is 0 Å². The van der Waals surface area contributed by atoms with E-state index >= 15 is 0 Å². The Kier molecular flexibility index (Phi) is 4.09. The Labute approximate surface area is 120 Å². The second-order valence-corrected chi connectivity index (χ2v) is 5.45. The number of anilines is 2. The Morgan fingerprint density at radius 2 is 1.60 bits per heavy atom. The molecule has 0 amide bonds. The van der Waals surface area contributed by atoms with Gasteiger partial charge in [-0.25, -0.2) is 4.98 Å². The molecule has 2 rings (SSSR count). The third-order valence-corrected chi connectivity index (χ3v) is 3.52. The van der Waals surface area contributed by atoms with Gasteiger partial charge >= 0.3 is 0 Å². The number of aromatic nitrogens is 1. The lowest BCUT2D eigenvalue weighted by molar-refractivity contribution is 0.281. The Balaban J connectivity index is 2.55. The molecular weight excluding hydrogens is 248 g/mol. The molecule has 0 aliphatic carbocycles. The lowest BCUT2D eigenvalue weighted by Gasteiger charge is -2.23. The van der Waals surface area contributed by atoms with E-state index in [1.54, 1.807) is 0 Å². The van der Waals surface area contributed by atoms with Crippen molar-refractivity contribution < 1.29 is 5.11 Å². The maximum absolute atomic E-state index is 9.63. The number of aliphatic hydroxyl groups excluding tert-OH is 1. The molecule has 0 saturated heterocycles. The van der Waals surface area contributed by atoms with Gasteiger partial charge in [0.25, 0.3) is 0 Å². The third kappa shape index (κ3) is 2.83. The number of hydrogen-bond acceptors (Lipinski definition) is 3. The molecule has 0 aliphatic heterocycles. The fourth-order valence-corrected chi connectivity index (χ4v) is 2.58. The van der Waals surface area contributed by atoms with Gasteiger partial charge in [0.1, 0.15) is 5.82 Å². The summed E-state index contributed by atoms with van der Waals surface area (Å²) >= 11 is 0. The fraction of sp³-hybridized carbons (Fsp3) is 0.353. The highest BCUT2D eigenvalue weighted by Crippen LogP contribution is 2.29. The predicted molar refractivity (Wildman–Crippen MR) is 83.6 cm³/mol. The number of aryl methyl sites for hydroxylation is 4. The van der Waals surface area contributed by atoms with Crippen molar-refractivity contribution in [2.24, 2.45) is 0 Å². The summed E-state index contributed by atoms with van der Waals surface area (Å²) in [6.07, 6.45) is 0. The van der Waals surface area contributed by atoms with E-state index < -0.39 is 0 Å². The van der Waals surface area contributed by atoms with Crippen LogP contribution in [0.3, 0.4) is 0 Å². The molecule has 0 spiro atoms. The first-order chi connectivity index (χ1) is 9.42. The highest BCUT2D eigenvalue weighted by Gasteiger charge is 2.14. The lowest BCUT2D eigenvalue weighted by Crippen LogP contribution is -2.15. The summed E-state index contributed by atoms with van der Waals surface area (Å²) in [5.41, 5.74) is 6.47. The highest BCUT2D eigenvalue weighted by molar-refractivity contribution is 5.65. The average molecular weight is 270 g/mol. The largest absolute Gasteiger partial charge is 0.392 e. The van der Waals surface area contributed by atoms with Crippen LogP contribution in [0.5, 0.6) is 0 Å². The SMILES string of the molecule is Cc1cc(C)cc(N(C)c2nc(C)cc(C)c2CO)c1. The Morgan fingerprint density at radius 3 is 2.15 bits per heavy atom. The number of nitrogens with zero attached hydrogens (tertiary/aromatic N) is 2. The van der Waals surface area contributed by atoms with Crippen LogP contribution in [0.15, 0.2) is 24.3 Å². The summed E-state index contributed by atoms with van der Waals surface area (Å²) < 4.78 is 0. The van der Waals surface area contributed by atoms with E-state index in [0.29, 0.717) is 0 Å². The molecule has 0 bridgehead atoms. The van der Waals surface area contributed by atoms with Crippen LogP contribution >= 0.6 is 0 Å².